The number of amides is 2. The van der Waals surface area contributed by atoms with Crippen LogP contribution in [0.1, 0.15) is 22.8 Å². The Labute approximate surface area is 170 Å². The number of nitrogens with zero attached hydrogens (tertiary/aromatic N) is 1. The van der Waals surface area contributed by atoms with Crippen LogP contribution in [0.25, 0.3) is 11.3 Å². The Morgan fingerprint density at radius 2 is 1.93 bits per heavy atom. The summed E-state index contributed by atoms with van der Waals surface area (Å²) in [6.07, 6.45) is 0.741. The van der Waals surface area contributed by atoms with Crippen molar-refractivity contribution < 1.29 is 14.0 Å². The van der Waals surface area contributed by atoms with Crippen molar-refractivity contribution in [3.63, 3.8) is 0 Å². The van der Waals surface area contributed by atoms with Gasteiger partial charge in [-0.1, -0.05) is 35.9 Å². The lowest BCUT2D eigenvalue weighted by Crippen LogP contribution is -2.22. The van der Waals surface area contributed by atoms with Crippen LogP contribution in [0.3, 0.4) is 0 Å². The van der Waals surface area contributed by atoms with Crippen LogP contribution in [0.2, 0.25) is 5.02 Å². The fourth-order valence-corrected chi connectivity index (χ4v) is 3.40. The van der Waals surface area contributed by atoms with Crippen LogP contribution in [0, 0.1) is 5.82 Å². The minimum absolute atomic E-state index is 0.0489. The molecule has 1 heterocycles. The molecule has 0 saturated heterocycles. The molecule has 0 bridgehead atoms. The van der Waals surface area contributed by atoms with E-state index in [0.29, 0.717) is 17.4 Å². The molecule has 2 amide bonds. The average Bonchev–Trinajstić information content (AvgIpc) is 3.10. The van der Waals surface area contributed by atoms with Gasteiger partial charge in [0, 0.05) is 29.4 Å². The second-order valence-corrected chi connectivity index (χ2v) is 7.34. The van der Waals surface area contributed by atoms with Gasteiger partial charge in [0.05, 0.1) is 11.3 Å². The maximum atomic E-state index is 13.9. The van der Waals surface area contributed by atoms with E-state index in [9.17, 15) is 14.0 Å². The summed E-state index contributed by atoms with van der Waals surface area (Å²) in [5, 5.41) is 7.79. The van der Waals surface area contributed by atoms with Gasteiger partial charge in [-0.2, -0.15) is 0 Å². The summed E-state index contributed by atoms with van der Waals surface area (Å²) < 4.78 is 13.9. The Balaban J connectivity index is 1.65. The smallest absolute Gasteiger partial charge is 0.260 e. The van der Waals surface area contributed by atoms with E-state index in [-0.39, 0.29) is 16.5 Å². The van der Waals surface area contributed by atoms with Crippen LogP contribution >= 0.6 is 22.9 Å². The van der Waals surface area contributed by atoms with Gasteiger partial charge in [0.25, 0.3) is 5.91 Å². The predicted octanol–water partition coefficient (Wildman–Crippen LogP) is 4.53. The number of rotatable bonds is 6. The van der Waals surface area contributed by atoms with Crippen LogP contribution in [0.5, 0.6) is 0 Å². The number of carbonyl (C=O) groups is 2. The van der Waals surface area contributed by atoms with E-state index in [4.69, 9.17) is 11.6 Å². The normalized spacial score (nSPS) is 10.5. The van der Waals surface area contributed by atoms with Gasteiger partial charge in [0.2, 0.25) is 5.91 Å². The van der Waals surface area contributed by atoms with Crippen molar-refractivity contribution >= 4 is 39.9 Å². The Bertz CT molecular complexity index is 1000. The maximum absolute atomic E-state index is 13.9. The minimum Gasteiger partial charge on any atom is -0.356 e. The second-order valence-electron chi connectivity index (χ2n) is 6.05. The molecule has 0 fully saturated rings. The number of anilines is 1. The standard InChI is InChI=1S/C20H17ClFN3O2S/c1-12(26)23-9-8-13-2-4-14(5-3-13)18-11-28-20(24-18)25-19(27)16-7-6-15(21)10-17(16)22/h2-7,10-11H,8-9H2,1H3,(H,23,26)(H,24,25,27). The van der Waals surface area contributed by atoms with E-state index < -0.39 is 11.7 Å². The van der Waals surface area contributed by atoms with E-state index in [0.717, 1.165) is 23.6 Å². The first-order valence-corrected chi connectivity index (χ1v) is 9.74. The lowest BCUT2D eigenvalue weighted by atomic mass is 10.1. The third kappa shape index (κ3) is 5.15. The molecular weight excluding hydrogens is 401 g/mol. The molecule has 0 aliphatic carbocycles. The highest BCUT2D eigenvalue weighted by Crippen LogP contribution is 2.26. The third-order valence-corrected chi connectivity index (χ3v) is 4.93. The summed E-state index contributed by atoms with van der Waals surface area (Å²) in [6.45, 7) is 2.08. The summed E-state index contributed by atoms with van der Waals surface area (Å²) in [7, 11) is 0. The fourth-order valence-electron chi connectivity index (χ4n) is 2.53. The molecule has 28 heavy (non-hydrogen) atoms. The van der Waals surface area contributed by atoms with Gasteiger partial charge in [-0.15, -0.1) is 11.3 Å². The van der Waals surface area contributed by atoms with E-state index >= 15 is 0 Å². The molecular formula is C20H17ClFN3O2S. The van der Waals surface area contributed by atoms with Gasteiger partial charge in [0.15, 0.2) is 5.13 Å². The van der Waals surface area contributed by atoms with E-state index in [1.165, 1.54) is 30.4 Å². The zero-order valence-electron chi connectivity index (χ0n) is 15.0. The minimum atomic E-state index is -0.684. The first-order chi connectivity index (χ1) is 13.4. The zero-order valence-corrected chi connectivity index (χ0v) is 16.5. The van der Waals surface area contributed by atoms with Gasteiger partial charge in [-0.25, -0.2) is 9.37 Å². The molecule has 0 radical (unpaired) electrons. The van der Waals surface area contributed by atoms with Crippen molar-refractivity contribution in [1.29, 1.82) is 0 Å². The highest BCUT2D eigenvalue weighted by molar-refractivity contribution is 7.14. The highest BCUT2D eigenvalue weighted by atomic mass is 35.5. The molecule has 2 aromatic carbocycles. The monoisotopic (exact) mass is 417 g/mol. The first-order valence-electron chi connectivity index (χ1n) is 8.48. The predicted molar refractivity (Wildman–Crippen MR) is 109 cm³/mol. The van der Waals surface area contributed by atoms with E-state index in [1.807, 2.05) is 29.6 Å². The fraction of sp³-hybridized carbons (Fsp3) is 0.150. The summed E-state index contributed by atoms with van der Waals surface area (Å²) >= 11 is 6.96. The van der Waals surface area contributed by atoms with Crippen molar-refractivity contribution in [2.45, 2.75) is 13.3 Å². The Morgan fingerprint density at radius 3 is 2.61 bits per heavy atom. The number of thiazole rings is 1. The molecule has 0 atom stereocenters. The van der Waals surface area contributed by atoms with Crippen molar-refractivity contribution in [2.75, 3.05) is 11.9 Å². The lowest BCUT2D eigenvalue weighted by Gasteiger charge is -2.04. The van der Waals surface area contributed by atoms with Gasteiger partial charge in [-0.3, -0.25) is 14.9 Å². The van der Waals surface area contributed by atoms with Gasteiger partial charge in [0.1, 0.15) is 5.82 Å². The highest BCUT2D eigenvalue weighted by Gasteiger charge is 2.14. The van der Waals surface area contributed by atoms with Crippen LogP contribution in [-0.4, -0.2) is 23.3 Å². The third-order valence-electron chi connectivity index (χ3n) is 3.94. The zero-order chi connectivity index (χ0) is 20.1. The second kappa shape index (κ2) is 8.95. The molecule has 3 rings (SSSR count). The van der Waals surface area contributed by atoms with Gasteiger partial charge >= 0.3 is 0 Å². The van der Waals surface area contributed by atoms with Crippen molar-refractivity contribution in [2.24, 2.45) is 0 Å². The van der Waals surface area contributed by atoms with Crippen LogP contribution in [0.15, 0.2) is 47.8 Å². The molecule has 1 aromatic heterocycles. The lowest BCUT2D eigenvalue weighted by molar-refractivity contribution is -0.118. The average molecular weight is 418 g/mol. The number of nitrogens with one attached hydrogen (secondary N) is 2. The summed E-state index contributed by atoms with van der Waals surface area (Å²) in [5.74, 6) is -1.31. The number of hydrogen-bond acceptors (Lipinski definition) is 4. The summed E-state index contributed by atoms with van der Waals surface area (Å²) in [5.41, 5.74) is 2.62. The van der Waals surface area contributed by atoms with Crippen LogP contribution in [0.4, 0.5) is 9.52 Å². The number of carbonyl (C=O) groups excluding carboxylic acids is 2. The molecule has 0 unspecified atom stereocenters. The molecule has 2 N–H and O–H groups in total. The molecule has 144 valence electrons. The molecule has 0 aliphatic heterocycles. The molecule has 8 heteroatoms. The summed E-state index contributed by atoms with van der Waals surface area (Å²) in [6, 6.07) is 11.7. The topological polar surface area (TPSA) is 71.1 Å². The molecule has 0 aliphatic rings. The Hall–Kier alpha value is -2.77. The molecule has 0 spiro atoms. The quantitative estimate of drug-likeness (QED) is 0.618. The van der Waals surface area contributed by atoms with Gasteiger partial charge < -0.3 is 5.32 Å². The number of halogens is 2. The van der Waals surface area contributed by atoms with E-state index in [2.05, 4.69) is 15.6 Å². The van der Waals surface area contributed by atoms with E-state index in [1.54, 1.807) is 0 Å². The van der Waals surface area contributed by atoms with Gasteiger partial charge in [-0.05, 0) is 30.2 Å². The summed E-state index contributed by atoms with van der Waals surface area (Å²) in [4.78, 5) is 27.5. The molecule has 0 saturated carbocycles. The van der Waals surface area contributed by atoms with Crippen LogP contribution < -0.4 is 10.6 Å². The van der Waals surface area contributed by atoms with Crippen molar-refractivity contribution in [3.8, 4) is 11.3 Å². The Kier molecular flexibility index (Phi) is 6.38. The maximum Gasteiger partial charge on any atom is 0.260 e. The van der Waals surface area contributed by atoms with Crippen molar-refractivity contribution in [3.05, 3.63) is 69.8 Å². The number of benzene rings is 2. The SMILES string of the molecule is CC(=O)NCCc1ccc(-c2csc(NC(=O)c3ccc(Cl)cc3F)n2)cc1. The Morgan fingerprint density at radius 1 is 1.18 bits per heavy atom. The van der Waals surface area contributed by atoms with Crippen molar-refractivity contribution in [1.82, 2.24) is 10.3 Å². The molecule has 5 nitrogen and oxygen atoms in total. The first kappa shape index (κ1) is 20.0. The number of hydrogen-bond donors (Lipinski definition) is 2. The largest absolute Gasteiger partial charge is 0.356 e. The number of aromatic nitrogens is 1. The molecule has 3 aromatic rings. The van der Waals surface area contributed by atoms with Crippen LogP contribution in [-0.2, 0) is 11.2 Å².